The average Bonchev–Trinajstić information content (AvgIpc) is 2.76. The van der Waals surface area contributed by atoms with Gasteiger partial charge in [-0.2, -0.15) is 0 Å². The molecular formula is C23H25N3O4S. The zero-order valence-corrected chi connectivity index (χ0v) is 18.2. The standard InChI is InChI=1S/C23H25N3O4S/c1-3-26(4-2)18-8-7-9-19(16-18)30-22-11-6-5-10-21(22)25-31(28,29)20-14-12-17(13-15-20)23(24)27/h5-16,25H,3-4H2,1-2H3,(H2,24,27). The molecule has 0 saturated carbocycles. The van der Waals surface area contributed by atoms with Crippen LogP contribution in [0.5, 0.6) is 11.5 Å². The fraction of sp³-hybridized carbons (Fsp3) is 0.174. The first kappa shape index (κ1) is 22.2. The number of hydrogen-bond acceptors (Lipinski definition) is 5. The number of ether oxygens (including phenoxy) is 1. The Kier molecular flexibility index (Phi) is 6.81. The molecule has 0 spiro atoms. The summed E-state index contributed by atoms with van der Waals surface area (Å²) in [4.78, 5) is 13.4. The maximum atomic E-state index is 12.8. The van der Waals surface area contributed by atoms with Crippen molar-refractivity contribution in [2.75, 3.05) is 22.7 Å². The first-order valence-electron chi connectivity index (χ1n) is 9.88. The van der Waals surface area contributed by atoms with E-state index in [0.29, 0.717) is 17.2 Å². The number of benzene rings is 3. The Balaban J connectivity index is 1.85. The van der Waals surface area contributed by atoms with E-state index < -0.39 is 15.9 Å². The predicted octanol–water partition coefficient (Wildman–Crippen LogP) is 4.22. The summed E-state index contributed by atoms with van der Waals surface area (Å²) < 4.78 is 34.2. The second-order valence-corrected chi connectivity index (χ2v) is 8.44. The number of rotatable bonds is 9. The number of nitrogens with two attached hydrogens (primary N) is 1. The molecule has 31 heavy (non-hydrogen) atoms. The molecule has 0 aliphatic carbocycles. The van der Waals surface area contributed by atoms with Crippen molar-refractivity contribution in [2.24, 2.45) is 5.73 Å². The molecule has 0 unspecified atom stereocenters. The van der Waals surface area contributed by atoms with E-state index in [4.69, 9.17) is 10.5 Å². The highest BCUT2D eigenvalue weighted by Crippen LogP contribution is 2.32. The second-order valence-electron chi connectivity index (χ2n) is 6.76. The van der Waals surface area contributed by atoms with Crippen molar-refractivity contribution in [1.29, 1.82) is 0 Å². The van der Waals surface area contributed by atoms with E-state index in [2.05, 4.69) is 23.5 Å². The Bertz CT molecular complexity index is 1160. The molecule has 0 bridgehead atoms. The summed E-state index contributed by atoms with van der Waals surface area (Å²) in [5.41, 5.74) is 6.77. The van der Waals surface area contributed by atoms with E-state index in [9.17, 15) is 13.2 Å². The largest absolute Gasteiger partial charge is 0.455 e. The highest BCUT2D eigenvalue weighted by molar-refractivity contribution is 7.92. The van der Waals surface area contributed by atoms with Gasteiger partial charge in [-0.3, -0.25) is 9.52 Å². The summed E-state index contributed by atoms with van der Waals surface area (Å²) in [6.45, 7) is 5.89. The van der Waals surface area contributed by atoms with E-state index >= 15 is 0 Å². The first-order valence-corrected chi connectivity index (χ1v) is 11.4. The van der Waals surface area contributed by atoms with Gasteiger partial charge in [0.2, 0.25) is 5.91 Å². The van der Waals surface area contributed by atoms with Gasteiger partial charge in [0.05, 0.1) is 10.6 Å². The molecular weight excluding hydrogens is 414 g/mol. The highest BCUT2D eigenvalue weighted by Gasteiger charge is 2.17. The van der Waals surface area contributed by atoms with Gasteiger partial charge in [0.15, 0.2) is 5.75 Å². The summed E-state index contributed by atoms with van der Waals surface area (Å²) >= 11 is 0. The van der Waals surface area contributed by atoms with Gasteiger partial charge in [-0.1, -0.05) is 18.2 Å². The molecule has 3 aromatic carbocycles. The molecule has 8 heteroatoms. The zero-order valence-electron chi connectivity index (χ0n) is 17.4. The molecule has 3 aromatic rings. The number of amides is 1. The van der Waals surface area contributed by atoms with Crippen molar-refractivity contribution >= 4 is 27.3 Å². The molecule has 1 amide bonds. The van der Waals surface area contributed by atoms with E-state index in [-0.39, 0.29) is 10.5 Å². The smallest absolute Gasteiger partial charge is 0.262 e. The van der Waals surface area contributed by atoms with E-state index in [1.807, 2.05) is 24.3 Å². The van der Waals surface area contributed by atoms with Gasteiger partial charge in [-0.05, 0) is 62.4 Å². The van der Waals surface area contributed by atoms with Crippen LogP contribution in [0, 0.1) is 0 Å². The lowest BCUT2D eigenvalue weighted by molar-refractivity contribution is 0.1000. The third-order valence-corrected chi connectivity index (χ3v) is 6.14. The molecule has 0 saturated heterocycles. The van der Waals surface area contributed by atoms with Crippen molar-refractivity contribution in [3.8, 4) is 11.5 Å². The molecule has 0 aromatic heterocycles. The second kappa shape index (κ2) is 9.53. The fourth-order valence-electron chi connectivity index (χ4n) is 3.10. The number of sulfonamides is 1. The normalized spacial score (nSPS) is 11.0. The van der Waals surface area contributed by atoms with Crippen LogP contribution in [-0.2, 0) is 10.0 Å². The Morgan fingerprint density at radius 2 is 1.65 bits per heavy atom. The van der Waals surface area contributed by atoms with Gasteiger partial charge in [-0.25, -0.2) is 8.42 Å². The van der Waals surface area contributed by atoms with Crippen LogP contribution in [0.25, 0.3) is 0 Å². The van der Waals surface area contributed by atoms with Crippen LogP contribution in [0.15, 0.2) is 77.7 Å². The number of hydrogen-bond donors (Lipinski definition) is 2. The molecule has 0 atom stereocenters. The number of nitrogens with one attached hydrogen (secondary N) is 1. The Labute approximate surface area is 182 Å². The van der Waals surface area contributed by atoms with Gasteiger partial charge in [0.25, 0.3) is 10.0 Å². The highest BCUT2D eigenvalue weighted by atomic mass is 32.2. The van der Waals surface area contributed by atoms with Crippen LogP contribution in [0.3, 0.4) is 0 Å². The summed E-state index contributed by atoms with van der Waals surface area (Å²) in [6, 6.07) is 19.9. The molecule has 162 valence electrons. The number of nitrogens with zero attached hydrogens (tertiary/aromatic N) is 1. The van der Waals surface area contributed by atoms with Gasteiger partial charge in [0, 0.05) is 30.4 Å². The van der Waals surface area contributed by atoms with Gasteiger partial charge in [-0.15, -0.1) is 0 Å². The number of carbonyl (C=O) groups excluding carboxylic acids is 1. The minimum atomic E-state index is -3.89. The van der Waals surface area contributed by atoms with E-state index in [0.717, 1.165) is 18.8 Å². The Morgan fingerprint density at radius 3 is 2.29 bits per heavy atom. The summed E-state index contributed by atoms with van der Waals surface area (Å²) in [6.07, 6.45) is 0. The lowest BCUT2D eigenvalue weighted by Crippen LogP contribution is -2.21. The number of primary amides is 1. The van der Waals surface area contributed by atoms with Gasteiger partial charge >= 0.3 is 0 Å². The van der Waals surface area contributed by atoms with Crippen molar-refractivity contribution in [2.45, 2.75) is 18.7 Å². The molecule has 0 radical (unpaired) electrons. The van der Waals surface area contributed by atoms with Crippen molar-refractivity contribution in [3.63, 3.8) is 0 Å². The molecule has 7 nitrogen and oxygen atoms in total. The lowest BCUT2D eigenvalue weighted by atomic mass is 10.2. The monoisotopic (exact) mass is 439 g/mol. The van der Waals surface area contributed by atoms with Crippen molar-refractivity contribution in [3.05, 3.63) is 78.4 Å². The van der Waals surface area contributed by atoms with Crippen LogP contribution in [0.2, 0.25) is 0 Å². The van der Waals surface area contributed by atoms with Gasteiger partial charge < -0.3 is 15.4 Å². The molecule has 0 aliphatic heterocycles. The fourth-order valence-corrected chi connectivity index (χ4v) is 4.17. The number of para-hydroxylation sites is 2. The van der Waals surface area contributed by atoms with Gasteiger partial charge in [0.1, 0.15) is 5.75 Å². The quantitative estimate of drug-likeness (QED) is 0.520. The van der Waals surface area contributed by atoms with E-state index in [1.54, 1.807) is 24.3 Å². The first-order chi connectivity index (χ1) is 14.8. The third kappa shape index (κ3) is 5.35. The molecule has 0 heterocycles. The SMILES string of the molecule is CCN(CC)c1cccc(Oc2ccccc2NS(=O)(=O)c2ccc(C(N)=O)cc2)c1. The average molecular weight is 440 g/mol. The lowest BCUT2D eigenvalue weighted by Gasteiger charge is -2.21. The Morgan fingerprint density at radius 1 is 0.968 bits per heavy atom. The minimum absolute atomic E-state index is 0.0100. The minimum Gasteiger partial charge on any atom is -0.455 e. The maximum absolute atomic E-state index is 12.8. The summed E-state index contributed by atoms with van der Waals surface area (Å²) in [5.74, 6) is 0.348. The molecule has 3 rings (SSSR count). The van der Waals surface area contributed by atoms with Crippen molar-refractivity contribution in [1.82, 2.24) is 0 Å². The summed E-state index contributed by atoms with van der Waals surface area (Å²) in [7, 11) is -3.89. The van der Waals surface area contributed by atoms with Crippen LogP contribution < -0.4 is 20.1 Å². The Hall–Kier alpha value is -3.52. The molecule has 0 fully saturated rings. The maximum Gasteiger partial charge on any atom is 0.262 e. The van der Waals surface area contributed by atoms with E-state index in [1.165, 1.54) is 24.3 Å². The number of anilines is 2. The molecule has 0 aliphatic rings. The van der Waals surface area contributed by atoms with Crippen LogP contribution in [0.1, 0.15) is 24.2 Å². The third-order valence-electron chi connectivity index (χ3n) is 4.75. The predicted molar refractivity (Wildman–Crippen MR) is 122 cm³/mol. The van der Waals surface area contributed by atoms with Crippen LogP contribution in [0.4, 0.5) is 11.4 Å². The van der Waals surface area contributed by atoms with Crippen LogP contribution >= 0.6 is 0 Å². The van der Waals surface area contributed by atoms with Crippen molar-refractivity contribution < 1.29 is 17.9 Å². The van der Waals surface area contributed by atoms with Crippen LogP contribution in [-0.4, -0.2) is 27.4 Å². The summed E-state index contributed by atoms with van der Waals surface area (Å²) in [5, 5.41) is 0. The molecule has 3 N–H and O–H groups in total. The zero-order chi connectivity index (χ0) is 22.4. The topological polar surface area (TPSA) is 102 Å². The number of carbonyl (C=O) groups is 1.